The van der Waals surface area contributed by atoms with Crippen LogP contribution in [0.4, 0.5) is 0 Å². The van der Waals surface area contributed by atoms with E-state index >= 15 is 0 Å². The van der Waals surface area contributed by atoms with Crippen molar-refractivity contribution in [3.63, 3.8) is 0 Å². The Kier molecular flexibility index (Phi) is 7.87. The summed E-state index contributed by atoms with van der Waals surface area (Å²) in [6.07, 6.45) is 9.61. The third-order valence-electron chi connectivity index (χ3n) is 9.84. The summed E-state index contributed by atoms with van der Waals surface area (Å²) in [7, 11) is -5.69. The van der Waals surface area contributed by atoms with Gasteiger partial charge >= 0.3 is 0 Å². The van der Waals surface area contributed by atoms with Crippen LogP contribution < -0.4 is 20.7 Å². The van der Waals surface area contributed by atoms with Crippen molar-refractivity contribution in [2.24, 2.45) is 0 Å². The lowest BCUT2D eigenvalue weighted by molar-refractivity contribution is 0.144. The van der Waals surface area contributed by atoms with Crippen molar-refractivity contribution < 1.29 is 13.6 Å². The summed E-state index contributed by atoms with van der Waals surface area (Å²) in [5.41, 5.74) is 0. The summed E-state index contributed by atoms with van der Waals surface area (Å²) in [5.74, 6) is 0. The van der Waals surface area contributed by atoms with E-state index in [2.05, 4.69) is 147 Å². The van der Waals surface area contributed by atoms with Crippen LogP contribution in [0.3, 0.4) is 0 Å². The third-order valence-corrected chi connectivity index (χ3v) is 19.9. The zero-order valence-corrected chi connectivity index (χ0v) is 27.3. The number of benzene rings is 4. The van der Waals surface area contributed by atoms with Crippen LogP contribution in [0.1, 0.15) is 39.5 Å². The predicted octanol–water partition coefficient (Wildman–Crippen LogP) is 5.97. The van der Waals surface area contributed by atoms with Crippen molar-refractivity contribution in [2.75, 3.05) is 0 Å². The number of hydrogen-bond acceptors (Lipinski definition) is 3. The normalized spacial score (nSPS) is 22.0. The molecule has 220 valence electrons. The summed E-state index contributed by atoms with van der Waals surface area (Å²) in [6.45, 7) is 4.96. The highest BCUT2D eigenvalue weighted by atomic mass is 28.4. The fraction of sp³-hybridized carbons (Fsp3) is 0.316. The second-order valence-electron chi connectivity index (χ2n) is 13.1. The monoisotopic (exact) mass is 602 g/mol. The molecule has 0 aromatic heterocycles. The van der Waals surface area contributed by atoms with Crippen molar-refractivity contribution >= 4 is 37.4 Å². The molecule has 0 N–H and O–H groups in total. The maximum absolute atomic E-state index is 7.67. The minimum absolute atomic E-state index is 0.177. The molecule has 0 amide bonds. The number of epoxide rings is 1. The van der Waals surface area contributed by atoms with Crippen LogP contribution in [0, 0.1) is 0 Å². The Hall–Kier alpha value is -3.07. The average Bonchev–Trinajstić information content (AvgIpc) is 3.38. The number of rotatable bonds is 11. The molecule has 1 saturated carbocycles. The van der Waals surface area contributed by atoms with Crippen molar-refractivity contribution in [3.05, 3.63) is 133 Å². The van der Waals surface area contributed by atoms with Crippen molar-refractivity contribution in [3.8, 4) is 0 Å². The topological polar surface area (TPSA) is 31.0 Å². The molecule has 5 heteroatoms. The van der Waals surface area contributed by atoms with Gasteiger partial charge in [0, 0.05) is 12.8 Å². The van der Waals surface area contributed by atoms with E-state index in [0.717, 1.165) is 31.7 Å². The van der Waals surface area contributed by atoms with Crippen LogP contribution in [0.25, 0.3) is 0 Å². The Balaban J connectivity index is 1.42. The van der Waals surface area contributed by atoms with Gasteiger partial charge < -0.3 is 13.6 Å². The van der Waals surface area contributed by atoms with E-state index in [1.54, 1.807) is 0 Å². The van der Waals surface area contributed by atoms with Gasteiger partial charge in [-0.1, -0.05) is 147 Å². The van der Waals surface area contributed by atoms with Gasteiger partial charge in [0.1, 0.15) is 0 Å². The average molecular weight is 603 g/mol. The highest BCUT2D eigenvalue weighted by molar-refractivity contribution is 7.03. The molecule has 4 aromatic carbocycles. The molecule has 7 rings (SSSR count). The highest BCUT2D eigenvalue weighted by Crippen LogP contribution is 2.48. The van der Waals surface area contributed by atoms with Gasteiger partial charge in [-0.05, 0) is 44.7 Å². The van der Waals surface area contributed by atoms with Gasteiger partial charge in [-0.2, -0.15) is 0 Å². The SMILES string of the molecule is CC(C)(C[Si](OC1C[C@@H]2O[C@@H]2C1)(c1ccccc1)c1ccccc1)[Si](OC1CC=CC1)(c1ccccc1)c1ccccc1. The third kappa shape index (κ3) is 5.43. The van der Waals surface area contributed by atoms with Gasteiger partial charge in [-0.25, -0.2) is 0 Å². The fourth-order valence-corrected chi connectivity index (χ4v) is 18.6. The number of hydrogen-bond donors (Lipinski definition) is 0. The Bertz CT molecular complexity index is 1430. The summed E-state index contributed by atoms with van der Waals surface area (Å²) in [4.78, 5) is 0. The van der Waals surface area contributed by atoms with Crippen molar-refractivity contribution in [1.82, 2.24) is 0 Å². The molecule has 43 heavy (non-hydrogen) atoms. The lowest BCUT2D eigenvalue weighted by atomic mass is 10.2. The molecule has 2 aliphatic carbocycles. The van der Waals surface area contributed by atoms with Crippen molar-refractivity contribution in [2.45, 2.75) is 75.0 Å². The van der Waals surface area contributed by atoms with E-state index < -0.39 is 16.6 Å². The van der Waals surface area contributed by atoms with E-state index in [1.807, 2.05) is 0 Å². The Morgan fingerprint density at radius 2 is 1.00 bits per heavy atom. The first-order chi connectivity index (χ1) is 21.0. The molecular weight excluding hydrogens is 561 g/mol. The molecule has 4 aromatic rings. The quantitative estimate of drug-likeness (QED) is 0.120. The molecule has 1 unspecified atom stereocenters. The predicted molar refractivity (Wildman–Crippen MR) is 181 cm³/mol. The summed E-state index contributed by atoms with van der Waals surface area (Å²) in [5, 5.41) is 5.11. The molecule has 3 atom stereocenters. The van der Waals surface area contributed by atoms with Crippen LogP contribution in [-0.2, 0) is 13.6 Å². The van der Waals surface area contributed by atoms with Crippen molar-refractivity contribution in [1.29, 1.82) is 0 Å². The van der Waals surface area contributed by atoms with Gasteiger partial charge in [0.05, 0.1) is 24.4 Å². The van der Waals surface area contributed by atoms with E-state index in [9.17, 15) is 0 Å². The summed E-state index contributed by atoms with van der Waals surface area (Å²) >= 11 is 0. The maximum atomic E-state index is 7.67. The second-order valence-corrected chi connectivity index (χ2v) is 20.6. The van der Waals surface area contributed by atoms with E-state index in [0.29, 0.717) is 12.2 Å². The molecular formula is C38H42O3Si2. The lowest BCUT2D eigenvalue weighted by Gasteiger charge is -2.50. The van der Waals surface area contributed by atoms with Crippen LogP contribution in [0.2, 0.25) is 11.1 Å². The Morgan fingerprint density at radius 3 is 1.44 bits per heavy atom. The van der Waals surface area contributed by atoms with Crippen LogP contribution in [0.15, 0.2) is 133 Å². The molecule has 0 spiro atoms. The lowest BCUT2D eigenvalue weighted by Crippen LogP contribution is -2.72. The van der Waals surface area contributed by atoms with Gasteiger partial charge in [0.25, 0.3) is 16.6 Å². The second kappa shape index (κ2) is 11.8. The Labute approximate surface area is 258 Å². The zero-order chi connectivity index (χ0) is 29.3. The summed E-state index contributed by atoms with van der Waals surface area (Å²) < 4.78 is 21.2. The molecule has 1 saturated heterocycles. The smallest absolute Gasteiger partial charge is 0.261 e. The molecule has 0 bridgehead atoms. The fourth-order valence-electron chi connectivity index (χ4n) is 7.83. The standard InChI is InChI=1S/C38H42O3Si2/c1-38(2,43(34-23-11-5-12-24-34,35-25-13-6-14-26-35)41-30-17-15-16-18-30)29-42(32-19-7-3-8-20-32,33-21-9-4-10-22-33)40-31-27-36-37(28-31)39-36/h3-16,19-26,30-31,36-37H,17-18,27-29H2,1-2H3/t31?,36-,37+. The minimum atomic E-state index is -2.89. The molecule has 1 heterocycles. The Morgan fingerprint density at radius 1 is 0.581 bits per heavy atom. The first-order valence-corrected chi connectivity index (χ1v) is 19.9. The van der Waals surface area contributed by atoms with Crippen LogP contribution >= 0.6 is 0 Å². The maximum Gasteiger partial charge on any atom is 0.261 e. The molecule has 3 aliphatic rings. The number of ether oxygens (including phenoxy) is 1. The van der Waals surface area contributed by atoms with Crippen LogP contribution in [0.5, 0.6) is 0 Å². The molecule has 1 aliphatic heterocycles. The van der Waals surface area contributed by atoms with E-state index in [-0.39, 0.29) is 17.2 Å². The van der Waals surface area contributed by atoms with Crippen LogP contribution in [-0.4, -0.2) is 41.1 Å². The van der Waals surface area contributed by atoms with E-state index in [4.69, 9.17) is 13.6 Å². The van der Waals surface area contributed by atoms with Gasteiger partial charge in [0.2, 0.25) is 0 Å². The van der Waals surface area contributed by atoms with E-state index in [1.165, 1.54) is 20.7 Å². The van der Waals surface area contributed by atoms with Gasteiger partial charge in [-0.3, -0.25) is 0 Å². The largest absolute Gasteiger partial charge is 0.405 e. The first-order valence-electron chi connectivity index (χ1n) is 15.9. The van der Waals surface area contributed by atoms with Gasteiger partial charge in [-0.15, -0.1) is 0 Å². The first kappa shape index (κ1) is 28.7. The molecule has 0 radical (unpaired) electrons. The molecule has 3 nitrogen and oxygen atoms in total. The minimum Gasteiger partial charge on any atom is -0.405 e. The molecule has 2 fully saturated rings. The zero-order valence-electron chi connectivity index (χ0n) is 25.3. The van der Waals surface area contributed by atoms with Gasteiger partial charge in [0.15, 0.2) is 0 Å². The summed E-state index contributed by atoms with van der Waals surface area (Å²) in [6, 6.07) is 45.5. The highest BCUT2D eigenvalue weighted by Gasteiger charge is 2.60. The number of fused-ring (bicyclic) bond motifs is 1.